The summed E-state index contributed by atoms with van der Waals surface area (Å²) in [5.74, 6) is -2.09. The molecule has 3 aromatic rings. The van der Waals surface area contributed by atoms with E-state index in [1.807, 2.05) is 31.2 Å². The van der Waals surface area contributed by atoms with Crippen molar-refractivity contribution in [3.8, 4) is 16.3 Å². The largest absolute Gasteiger partial charge is 0.414 e. The molecule has 1 aromatic heterocycles. The van der Waals surface area contributed by atoms with Gasteiger partial charge in [0.05, 0.1) is 4.92 Å². The zero-order chi connectivity index (χ0) is 18.0. The van der Waals surface area contributed by atoms with Crippen molar-refractivity contribution in [3.05, 3.63) is 75.0 Å². The molecule has 0 aliphatic heterocycles. The number of nitro groups is 1. The first-order valence-corrected chi connectivity index (χ1v) is 8.00. The van der Waals surface area contributed by atoms with Gasteiger partial charge in [-0.2, -0.15) is 0 Å². The van der Waals surface area contributed by atoms with Crippen molar-refractivity contribution in [2.45, 2.75) is 6.92 Å². The number of nitrogens with zero attached hydrogens (tertiary/aromatic N) is 2. The van der Waals surface area contributed by atoms with Crippen LogP contribution in [0, 0.1) is 22.9 Å². The third-order valence-electron chi connectivity index (χ3n) is 3.33. The van der Waals surface area contributed by atoms with Crippen LogP contribution in [0.4, 0.5) is 10.1 Å². The average Bonchev–Trinajstić information content (AvgIpc) is 3.05. The summed E-state index contributed by atoms with van der Waals surface area (Å²) in [5.41, 5.74) is 1.44. The predicted molar refractivity (Wildman–Crippen MR) is 90.3 cm³/mol. The van der Waals surface area contributed by atoms with Crippen LogP contribution in [-0.2, 0) is 0 Å². The molecule has 0 bridgehead atoms. The molecule has 25 heavy (non-hydrogen) atoms. The zero-order valence-electron chi connectivity index (χ0n) is 12.9. The second-order valence-corrected chi connectivity index (χ2v) is 6.02. The molecule has 6 nitrogen and oxygen atoms in total. The average molecular weight is 358 g/mol. The molecule has 8 heteroatoms. The van der Waals surface area contributed by atoms with Gasteiger partial charge in [-0.05, 0) is 13.0 Å². The molecular weight excluding hydrogens is 347 g/mol. The number of esters is 1. The summed E-state index contributed by atoms with van der Waals surface area (Å²) in [4.78, 5) is 26.6. The molecule has 126 valence electrons. The third-order valence-corrected chi connectivity index (χ3v) is 4.22. The van der Waals surface area contributed by atoms with E-state index >= 15 is 0 Å². The number of carbonyl (C=O) groups is 1. The second-order valence-electron chi connectivity index (χ2n) is 5.16. The van der Waals surface area contributed by atoms with Crippen LogP contribution in [0.1, 0.15) is 16.1 Å². The topological polar surface area (TPSA) is 82.3 Å². The van der Waals surface area contributed by atoms with Gasteiger partial charge in [0.1, 0.15) is 10.8 Å². The number of benzene rings is 2. The molecule has 0 saturated carbocycles. The fourth-order valence-electron chi connectivity index (χ4n) is 2.07. The molecule has 0 radical (unpaired) electrons. The van der Waals surface area contributed by atoms with E-state index in [-0.39, 0.29) is 5.69 Å². The van der Waals surface area contributed by atoms with E-state index in [9.17, 15) is 19.3 Å². The van der Waals surface area contributed by atoms with Crippen molar-refractivity contribution >= 4 is 23.0 Å². The van der Waals surface area contributed by atoms with Crippen LogP contribution in [0.3, 0.4) is 0 Å². The summed E-state index contributed by atoms with van der Waals surface area (Å²) in [7, 11) is 0. The Kier molecular flexibility index (Phi) is 4.53. The van der Waals surface area contributed by atoms with Gasteiger partial charge in [0.2, 0.25) is 5.75 Å². The summed E-state index contributed by atoms with van der Waals surface area (Å²) in [6.07, 6.45) is 0. The van der Waals surface area contributed by atoms with Gasteiger partial charge >= 0.3 is 11.7 Å². The predicted octanol–water partition coefficient (Wildman–Crippen LogP) is 4.39. The van der Waals surface area contributed by atoms with E-state index in [0.717, 1.165) is 29.3 Å². The standard InChI is InChI=1S/C17H11FN2O4S/c1-10-2-4-11(5-3-10)16-19-13(9-25-16)17(21)24-15-8-12(18)6-7-14(15)20(22)23/h2-9H,1H3. The molecule has 0 amide bonds. The Balaban J connectivity index is 1.84. The van der Waals surface area contributed by atoms with Gasteiger partial charge in [-0.25, -0.2) is 14.2 Å². The van der Waals surface area contributed by atoms with Gasteiger partial charge in [0.15, 0.2) is 5.69 Å². The van der Waals surface area contributed by atoms with Crippen molar-refractivity contribution in [2.24, 2.45) is 0 Å². The molecular formula is C17H11FN2O4S. The summed E-state index contributed by atoms with van der Waals surface area (Å²) in [5, 5.41) is 13.0. The van der Waals surface area contributed by atoms with Gasteiger partial charge in [-0.3, -0.25) is 10.1 Å². The number of nitro benzene ring substituents is 1. The van der Waals surface area contributed by atoms with E-state index in [1.54, 1.807) is 0 Å². The normalized spacial score (nSPS) is 10.5. The lowest BCUT2D eigenvalue weighted by molar-refractivity contribution is -0.385. The van der Waals surface area contributed by atoms with Crippen LogP contribution < -0.4 is 4.74 Å². The maximum atomic E-state index is 13.3. The van der Waals surface area contributed by atoms with Crippen molar-refractivity contribution in [3.63, 3.8) is 0 Å². The van der Waals surface area contributed by atoms with E-state index in [1.165, 1.54) is 16.7 Å². The molecule has 0 unspecified atom stereocenters. The fraction of sp³-hybridized carbons (Fsp3) is 0.0588. The number of carbonyl (C=O) groups excluding carboxylic acids is 1. The van der Waals surface area contributed by atoms with E-state index < -0.39 is 28.1 Å². The van der Waals surface area contributed by atoms with Crippen molar-refractivity contribution in [2.75, 3.05) is 0 Å². The molecule has 0 saturated heterocycles. The minimum Gasteiger partial charge on any atom is -0.414 e. The van der Waals surface area contributed by atoms with E-state index in [0.29, 0.717) is 5.01 Å². The number of hydrogen-bond acceptors (Lipinski definition) is 6. The lowest BCUT2D eigenvalue weighted by Gasteiger charge is -2.03. The van der Waals surface area contributed by atoms with Gasteiger partial charge < -0.3 is 4.74 Å². The number of aryl methyl sites for hydroxylation is 1. The Morgan fingerprint density at radius 3 is 2.64 bits per heavy atom. The summed E-state index contributed by atoms with van der Waals surface area (Å²) >= 11 is 1.24. The summed E-state index contributed by atoms with van der Waals surface area (Å²) in [6, 6.07) is 10.3. The van der Waals surface area contributed by atoms with Crippen LogP contribution in [0.25, 0.3) is 10.6 Å². The van der Waals surface area contributed by atoms with Gasteiger partial charge in [0.25, 0.3) is 0 Å². The maximum absolute atomic E-state index is 13.3. The Morgan fingerprint density at radius 1 is 1.24 bits per heavy atom. The Hall–Kier alpha value is -3.13. The molecule has 0 spiro atoms. The van der Waals surface area contributed by atoms with Crippen LogP contribution in [-0.4, -0.2) is 15.9 Å². The first-order chi connectivity index (χ1) is 11.9. The van der Waals surface area contributed by atoms with Crippen LogP contribution in [0.5, 0.6) is 5.75 Å². The van der Waals surface area contributed by atoms with Crippen molar-refractivity contribution < 1.29 is 18.8 Å². The van der Waals surface area contributed by atoms with Crippen molar-refractivity contribution in [1.29, 1.82) is 0 Å². The van der Waals surface area contributed by atoms with Crippen LogP contribution in [0.15, 0.2) is 47.8 Å². The highest BCUT2D eigenvalue weighted by molar-refractivity contribution is 7.13. The van der Waals surface area contributed by atoms with Gasteiger partial charge in [0, 0.05) is 23.1 Å². The molecule has 3 rings (SSSR count). The maximum Gasteiger partial charge on any atom is 0.363 e. The quantitative estimate of drug-likeness (QED) is 0.299. The second kappa shape index (κ2) is 6.78. The number of halogens is 1. The highest BCUT2D eigenvalue weighted by Crippen LogP contribution is 2.29. The Morgan fingerprint density at radius 2 is 1.96 bits per heavy atom. The molecule has 2 aromatic carbocycles. The van der Waals surface area contributed by atoms with Crippen LogP contribution in [0.2, 0.25) is 0 Å². The molecule has 0 aliphatic rings. The minimum absolute atomic E-state index is 0.000802. The monoisotopic (exact) mass is 358 g/mol. The van der Waals surface area contributed by atoms with Crippen LogP contribution >= 0.6 is 11.3 Å². The van der Waals surface area contributed by atoms with Crippen molar-refractivity contribution in [1.82, 2.24) is 4.98 Å². The number of thiazole rings is 1. The van der Waals surface area contributed by atoms with Gasteiger partial charge in [-0.1, -0.05) is 29.8 Å². The SMILES string of the molecule is Cc1ccc(-c2nc(C(=O)Oc3cc(F)ccc3[N+](=O)[O-])cs2)cc1. The Labute approximate surface area is 145 Å². The smallest absolute Gasteiger partial charge is 0.363 e. The van der Waals surface area contributed by atoms with E-state index in [2.05, 4.69) is 4.98 Å². The summed E-state index contributed by atoms with van der Waals surface area (Å²) in [6.45, 7) is 1.96. The Bertz CT molecular complexity index is 954. The lowest BCUT2D eigenvalue weighted by atomic mass is 10.2. The van der Waals surface area contributed by atoms with Gasteiger partial charge in [-0.15, -0.1) is 11.3 Å². The third kappa shape index (κ3) is 3.69. The number of aromatic nitrogens is 1. The lowest BCUT2D eigenvalue weighted by Crippen LogP contribution is -2.10. The molecule has 0 atom stereocenters. The molecule has 0 N–H and O–H groups in total. The highest BCUT2D eigenvalue weighted by Gasteiger charge is 2.21. The molecule has 0 aliphatic carbocycles. The highest BCUT2D eigenvalue weighted by atomic mass is 32.1. The summed E-state index contributed by atoms with van der Waals surface area (Å²) < 4.78 is 18.3. The first-order valence-electron chi connectivity index (χ1n) is 7.13. The fourth-order valence-corrected chi connectivity index (χ4v) is 2.86. The minimum atomic E-state index is -0.886. The number of hydrogen-bond donors (Lipinski definition) is 0. The number of ether oxygens (including phenoxy) is 1. The molecule has 0 fully saturated rings. The zero-order valence-corrected chi connectivity index (χ0v) is 13.7. The molecule has 1 heterocycles. The first kappa shape index (κ1) is 16.7. The number of rotatable bonds is 4. The van der Waals surface area contributed by atoms with E-state index in [4.69, 9.17) is 4.74 Å².